The maximum Gasteiger partial charge on any atom is 0.338 e. The molecule has 0 spiro atoms. The normalized spacial score (nSPS) is 13.9. The maximum atomic E-state index is 13.5. The van der Waals surface area contributed by atoms with Crippen LogP contribution in [0.2, 0.25) is 0 Å². The van der Waals surface area contributed by atoms with Gasteiger partial charge in [-0.2, -0.15) is 5.26 Å². The summed E-state index contributed by atoms with van der Waals surface area (Å²) in [5.41, 5.74) is -1.52. The molecule has 1 N–H and O–H groups in total. The van der Waals surface area contributed by atoms with Crippen molar-refractivity contribution in [2.45, 2.75) is 65.0 Å². The van der Waals surface area contributed by atoms with Crippen LogP contribution in [0.1, 0.15) is 76.2 Å². The molecule has 0 amide bonds. The average Bonchev–Trinajstić information content (AvgIpc) is 2.95. The Bertz CT molecular complexity index is 1350. The number of thiocarbonyl (C=S) groups is 1. The van der Waals surface area contributed by atoms with E-state index in [1.807, 2.05) is 13.0 Å². The van der Waals surface area contributed by atoms with Gasteiger partial charge >= 0.3 is 23.9 Å². The summed E-state index contributed by atoms with van der Waals surface area (Å²) in [6, 6.07) is 17.0. The molecule has 230 valence electrons. The zero-order valence-corrected chi connectivity index (χ0v) is 26.6. The number of carbonyl (C=O) groups excluding carboxylic acids is 3. The molecule has 0 saturated heterocycles. The number of benzene rings is 2. The van der Waals surface area contributed by atoms with Gasteiger partial charge in [0, 0.05) is 6.42 Å². The van der Waals surface area contributed by atoms with E-state index in [1.165, 1.54) is 31.2 Å². The first-order chi connectivity index (χ1) is 20.1. The van der Waals surface area contributed by atoms with Gasteiger partial charge in [0.25, 0.3) is 0 Å². The summed E-state index contributed by atoms with van der Waals surface area (Å²) in [5, 5.41) is 19.7. The molecule has 0 saturated carbocycles. The molecule has 0 fully saturated rings. The quantitative estimate of drug-likeness (QED) is 0.102. The second-order valence-electron chi connectivity index (χ2n) is 11.2. The Morgan fingerprint density at radius 2 is 1.51 bits per heavy atom. The van der Waals surface area contributed by atoms with Gasteiger partial charge in [-0.05, 0) is 76.8 Å². The number of hydrogen-bond acceptors (Lipinski definition) is 10. The predicted octanol–water partition coefficient (Wildman–Crippen LogP) is 6.38. The molecule has 0 heterocycles. The lowest BCUT2D eigenvalue weighted by Crippen LogP contribution is -2.45. The lowest BCUT2D eigenvalue weighted by atomic mass is 9.70. The average molecular weight is 628 g/mol. The molecule has 0 aliphatic heterocycles. The Balaban J connectivity index is 2.13. The molecule has 0 aliphatic rings. The number of aliphatic carboxylic acids is 1. The molecule has 0 radical (unpaired) electrons. The minimum atomic E-state index is -1.46. The number of carboxylic acids is 1. The monoisotopic (exact) mass is 627 g/mol. The highest BCUT2D eigenvalue weighted by Gasteiger charge is 2.49. The van der Waals surface area contributed by atoms with Crippen LogP contribution in [0.3, 0.4) is 0 Å². The zero-order valence-electron chi connectivity index (χ0n) is 25.0. The Morgan fingerprint density at radius 3 is 2.07 bits per heavy atom. The number of carboxylic acid groups (broad SMARTS) is 1. The Labute approximate surface area is 261 Å². The van der Waals surface area contributed by atoms with E-state index in [0.29, 0.717) is 21.9 Å². The van der Waals surface area contributed by atoms with Gasteiger partial charge in [-0.3, -0.25) is 14.4 Å². The summed E-state index contributed by atoms with van der Waals surface area (Å²) in [7, 11) is 0. The van der Waals surface area contributed by atoms with Crippen molar-refractivity contribution in [1.82, 2.24) is 0 Å². The summed E-state index contributed by atoms with van der Waals surface area (Å²) < 4.78 is 14.8. The minimum absolute atomic E-state index is 0.0123. The Morgan fingerprint density at radius 1 is 0.907 bits per heavy atom. The van der Waals surface area contributed by atoms with E-state index in [2.05, 4.69) is 6.07 Å². The third kappa shape index (κ3) is 10.8. The van der Waals surface area contributed by atoms with Crippen LogP contribution in [0.5, 0.6) is 5.75 Å². The van der Waals surface area contributed by atoms with Gasteiger partial charge in [0.15, 0.2) is 0 Å². The van der Waals surface area contributed by atoms with Crippen LogP contribution in [0.15, 0.2) is 54.6 Å². The first kappa shape index (κ1) is 35.4. The smallest absolute Gasteiger partial charge is 0.338 e. The number of ether oxygens (including phenoxy) is 3. The maximum absolute atomic E-state index is 13.5. The summed E-state index contributed by atoms with van der Waals surface area (Å²) >= 11 is 6.63. The van der Waals surface area contributed by atoms with Crippen molar-refractivity contribution in [3.63, 3.8) is 0 Å². The summed E-state index contributed by atoms with van der Waals surface area (Å²) in [5.74, 6) is -2.61. The standard InChI is InChI=1S/C32H37NO8S2/c1-6-10-25(34)41-24-15-13-22(14-16-24)26(35)39-17-18-40-29(38)32(5,43-27(42)23-11-8-7-9-12-23)20-31(4,28(36)37)19-30(2,3)21-33/h7-9,11-16H,6,10,17-20H2,1-5H3,(H,36,37). The topological polar surface area (TPSA) is 140 Å². The second kappa shape index (κ2) is 15.6. The summed E-state index contributed by atoms with van der Waals surface area (Å²) in [6.45, 7) is 7.69. The van der Waals surface area contributed by atoms with Crippen molar-refractivity contribution in [3.8, 4) is 11.8 Å². The molecule has 11 heteroatoms. The second-order valence-corrected chi connectivity index (χ2v) is 13.4. The van der Waals surface area contributed by atoms with E-state index in [9.17, 15) is 29.5 Å². The number of thioether (sulfide) groups is 1. The Kier molecular flexibility index (Phi) is 12.9. The summed E-state index contributed by atoms with van der Waals surface area (Å²) in [6.07, 6.45) is 0.753. The molecule has 2 aromatic carbocycles. The highest BCUT2D eigenvalue weighted by atomic mass is 32.2. The van der Waals surface area contributed by atoms with Gasteiger partial charge < -0.3 is 19.3 Å². The molecular weight excluding hydrogens is 590 g/mol. The van der Waals surface area contributed by atoms with Crippen molar-refractivity contribution in [3.05, 3.63) is 65.7 Å². The lowest BCUT2D eigenvalue weighted by Gasteiger charge is -2.37. The van der Waals surface area contributed by atoms with Crippen LogP contribution in [0.25, 0.3) is 0 Å². The molecule has 2 unspecified atom stereocenters. The molecular formula is C32H37NO8S2. The number of nitriles is 1. The van der Waals surface area contributed by atoms with Gasteiger partial charge in [0.1, 0.15) is 23.7 Å². The molecule has 2 rings (SSSR count). The van der Waals surface area contributed by atoms with Gasteiger partial charge in [0.2, 0.25) is 0 Å². The third-order valence-electron chi connectivity index (χ3n) is 6.46. The van der Waals surface area contributed by atoms with Crippen LogP contribution in [0.4, 0.5) is 0 Å². The summed E-state index contributed by atoms with van der Waals surface area (Å²) in [4.78, 5) is 50.1. The molecule has 2 atom stereocenters. The van der Waals surface area contributed by atoms with Crippen molar-refractivity contribution < 1.29 is 38.5 Å². The number of hydrogen-bond donors (Lipinski definition) is 1. The number of carbonyl (C=O) groups is 4. The van der Waals surface area contributed by atoms with Crippen molar-refractivity contribution >= 4 is 52.1 Å². The van der Waals surface area contributed by atoms with Crippen LogP contribution in [0, 0.1) is 22.2 Å². The molecule has 9 nitrogen and oxygen atoms in total. The van der Waals surface area contributed by atoms with Crippen LogP contribution in [-0.4, -0.2) is 51.1 Å². The van der Waals surface area contributed by atoms with E-state index in [0.717, 1.165) is 11.8 Å². The van der Waals surface area contributed by atoms with E-state index < -0.39 is 33.5 Å². The van der Waals surface area contributed by atoms with Crippen molar-refractivity contribution in [2.75, 3.05) is 13.2 Å². The van der Waals surface area contributed by atoms with Gasteiger partial charge in [-0.1, -0.05) is 61.2 Å². The Hall–Kier alpha value is -3.75. The highest BCUT2D eigenvalue weighted by Crippen LogP contribution is 2.45. The lowest BCUT2D eigenvalue weighted by molar-refractivity contribution is -0.154. The van der Waals surface area contributed by atoms with E-state index >= 15 is 0 Å². The SMILES string of the molecule is CCCC(=O)Oc1ccc(C(=O)OCCOC(=O)C(C)(CC(C)(CC(C)(C)C#N)C(=O)O)SC(=S)c2ccccc2)cc1. The zero-order chi connectivity index (χ0) is 32.3. The van der Waals surface area contributed by atoms with E-state index in [-0.39, 0.29) is 44.0 Å². The largest absolute Gasteiger partial charge is 0.481 e. The first-order valence-corrected chi connectivity index (χ1v) is 15.0. The fourth-order valence-corrected chi connectivity index (χ4v) is 6.40. The fourth-order valence-electron chi connectivity index (χ4n) is 4.51. The van der Waals surface area contributed by atoms with E-state index in [4.69, 9.17) is 26.4 Å². The fraction of sp³-hybridized carbons (Fsp3) is 0.438. The van der Waals surface area contributed by atoms with Gasteiger partial charge in [-0.25, -0.2) is 4.79 Å². The highest BCUT2D eigenvalue weighted by molar-refractivity contribution is 8.25. The molecule has 0 aromatic heterocycles. The van der Waals surface area contributed by atoms with Gasteiger partial charge in [0.05, 0.1) is 26.7 Å². The first-order valence-electron chi connectivity index (χ1n) is 13.7. The van der Waals surface area contributed by atoms with Crippen LogP contribution >= 0.6 is 24.0 Å². The molecule has 0 aliphatic carbocycles. The number of rotatable bonds is 15. The van der Waals surface area contributed by atoms with E-state index in [1.54, 1.807) is 45.0 Å². The van der Waals surface area contributed by atoms with Crippen LogP contribution < -0.4 is 4.74 Å². The molecule has 43 heavy (non-hydrogen) atoms. The molecule has 2 aromatic rings. The van der Waals surface area contributed by atoms with Gasteiger partial charge in [-0.15, -0.1) is 0 Å². The van der Waals surface area contributed by atoms with Crippen molar-refractivity contribution in [2.24, 2.45) is 10.8 Å². The molecule has 0 bridgehead atoms. The third-order valence-corrected chi connectivity index (χ3v) is 8.13. The van der Waals surface area contributed by atoms with Crippen molar-refractivity contribution in [1.29, 1.82) is 5.26 Å². The van der Waals surface area contributed by atoms with Crippen LogP contribution in [-0.2, 0) is 23.9 Å². The predicted molar refractivity (Wildman–Crippen MR) is 167 cm³/mol. The number of esters is 3. The minimum Gasteiger partial charge on any atom is -0.481 e. The number of nitrogens with zero attached hydrogens (tertiary/aromatic N) is 1.